The Hall–Kier alpha value is -2.43. The minimum absolute atomic E-state index is 0.0870. The zero-order valence-electron chi connectivity index (χ0n) is 15.3. The Kier molecular flexibility index (Phi) is 5.22. The Bertz CT molecular complexity index is 715. The number of anilines is 2. The molecule has 0 spiro atoms. The molecule has 0 unspecified atom stereocenters. The Balaban J connectivity index is 2.16. The van der Waals surface area contributed by atoms with E-state index in [1.165, 1.54) is 5.56 Å². The molecule has 0 bridgehead atoms. The van der Waals surface area contributed by atoms with Crippen molar-refractivity contribution in [1.82, 2.24) is 9.97 Å². The van der Waals surface area contributed by atoms with Crippen molar-refractivity contribution in [2.45, 2.75) is 53.0 Å². The number of rotatable bonds is 4. The summed E-state index contributed by atoms with van der Waals surface area (Å²) in [6.07, 6.45) is 0. The lowest BCUT2D eigenvalue weighted by Gasteiger charge is -2.19. The second kappa shape index (κ2) is 6.99. The lowest BCUT2D eigenvalue weighted by Crippen LogP contribution is -2.18. The van der Waals surface area contributed by atoms with Gasteiger partial charge in [0, 0.05) is 17.4 Å². The van der Waals surface area contributed by atoms with Gasteiger partial charge in [0.15, 0.2) is 0 Å². The largest absolute Gasteiger partial charge is 0.352 e. The average molecular weight is 326 g/mol. The molecule has 0 aliphatic rings. The van der Waals surface area contributed by atoms with Crippen LogP contribution in [-0.4, -0.2) is 21.9 Å². The molecule has 24 heavy (non-hydrogen) atoms. The fourth-order valence-electron chi connectivity index (χ4n) is 2.26. The molecule has 5 nitrogen and oxygen atoms in total. The normalized spacial score (nSPS) is 11.5. The Morgan fingerprint density at radius 1 is 1.08 bits per heavy atom. The topological polar surface area (TPSA) is 66.9 Å². The molecule has 0 atom stereocenters. The van der Waals surface area contributed by atoms with Crippen molar-refractivity contribution in [3.05, 3.63) is 47.3 Å². The number of aryl methyl sites for hydroxylation is 1. The summed E-state index contributed by atoms with van der Waals surface area (Å²) in [5.41, 5.74) is 3.17. The number of carbonyl (C=O) groups is 1. The standard InChI is InChI=1S/C19H26N4O/c1-12(2)20-18-21-13(3)11-16(23-18)17(24)22-15-9-7-14(8-10-15)19(4,5)6/h7-12H,1-6H3,(H,22,24)(H,20,21,23). The summed E-state index contributed by atoms with van der Waals surface area (Å²) in [6, 6.07) is 9.79. The van der Waals surface area contributed by atoms with Gasteiger partial charge >= 0.3 is 0 Å². The van der Waals surface area contributed by atoms with Crippen LogP contribution >= 0.6 is 0 Å². The monoisotopic (exact) mass is 326 g/mol. The molecule has 1 heterocycles. The molecule has 2 N–H and O–H groups in total. The molecular weight excluding hydrogens is 300 g/mol. The van der Waals surface area contributed by atoms with Gasteiger partial charge in [0.05, 0.1) is 0 Å². The van der Waals surface area contributed by atoms with Gasteiger partial charge < -0.3 is 10.6 Å². The molecular formula is C19H26N4O. The molecule has 1 aromatic carbocycles. The SMILES string of the molecule is Cc1cc(C(=O)Nc2ccc(C(C)(C)C)cc2)nc(NC(C)C)n1. The highest BCUT2D eigenvalue weighted by molar-refractivity contribution is 6.03. The molecule has 5 heteroatoms. The second-order valence-electron chi connectivity index (χ2n) is 7.30. The summed E-state index contributed by atoms with van der Waals surface area (Å²) in [4.78, 5) is 21.0. The predicted molar refractivity (Wildman–Crippen MR) is 98.6 cm³/mol. The minimum Gasteiger partial charge on any atom is -0.352 e. The highest BCUT2D eigenvalue weighted by atomic mass is 16.1. The van der Waals surface area contributed by atoms with Crippen LogP contribution < -0.4 is 10.6 Å². The van der Waals surface area contributed by atoms with Crippen LogP contribution in [0.5, 0.6) is 0 Å². The van der Waals surface area contributed by atoms with Crippen LogP contribution in [0, 0.1) is 6.92 Å². The van der Waals surface area contributed by atoms with E-state index in [0.717, 1.165) is 11.4 Å². The van der Waals surface area contributed by atoms with Gasteiger partial charge in [-0.3, -0.25) is 4.79 Å². The Morgan fingerprint density at radius 2 is 1.71 bits per heavy atom. The maximum Gasteiger partial charge on any atom is 0.274 e. The van der Waals surface area contributed by atoms with Crippen molar-refractivity contribution < 1.29 is 4.79 Å². The number of amides is 1. The number of benzene rings is 1. The van der Waals surface area contributed by atoms with E-state index in [0.29, 0.717) is 11.6 Å². The van der Waals surface area contributed by atoms with E-state index < -0.39 is 0 Å². The molecule has 2 aromatic rings. The van der Waals surface area contributed by atoms with Crippen LogP contribution in [0.2, 0.25) is 0 Å². The molecule has 0 saturated heterocycles. The van der Waals surface area contributed by atoms with E-state index >= 15 is 0 Å². The van der Waals surface area contributed by atoms with Gasteiger partial charge in [0.2, 0.25) is 5.95 Å². The number of nitrogens with one attached hydrogen (secondary N) is 2. The average Bonchev–Trinajstić information content (AvgIpc) is 2.45. The summed E-state index contributed by atoms with van der Waals surface area (Å²) in [5.74, 6) is 0.231. The first-order valence-corrected chi connectivity index (χ1v) is 8.19. The third kappa shape index (κ3) is 4.78. The van der Waals surface area contributed by atoms with Crippen LogP contribution in [0.1, 0.15) is 56.4 Å². The maximum atomic E-state index is 12.5. The van der Waals surface area contributed by atoms with Crippen LogP contribution in [0.3, 0.4) is 0 Å². The third-order valence-corrected chi connectivity index (χ3v) is 3.51. The molecule has 0 radical (unpaired) electrons. The van der Waals surface area contributed by atoms with Crippen molar-refractivity contribution in [2.75, 3.05) is 10.6 Å². The molecule has 1 aromatic heterocycles. The fourth-order valence-corrected chi connectivity index (χ4v) is 2.26. The van der Waals surface area contributed by atoms with Crippen molar-refractivity contribution in [3.8, 4) is 0 Å². The van der Waals surface area contributed by atoms with E-state index in [-0.39, 0.29) is 17.4 Å². The predicted octanol–water partition coefficient (Wildman–Crippen LogP) is 4.16. The molecule has 0 saturated carbocycles. The summed E-state index contributed by atoms with van der Waals surface area (Å²) in [5, 5.41) is 6.01. The molecule has 128 valence electrons. The highest BCUT2D eigenvalue weighted by Gasteiger charge is 2.14. The van der Waals surface area contributed by atoms with Crippen molar-refractivity contribution in [1.29, 1.82) is 0 Å². The highest BCUT2D eigenvalue weighted by Crippen LogP contribution is 2.23. The third-order valence-electron chi connectivity index (χ3n) is 3.51. The lowest BCUT2D eigenvalue weighted by atomic mass is 9.87. The van der Waals surface area contributed by atoms with E-state index in [2.05, 4.69) is 41.4 Å². The van der Waals surface area contributed by atoms with Gasteiger partial charge in [-0.1, -0.05) is 32.9 Å². The molecule has 1 amide bonds. The second-order valence-corrected chi connectivity index (χ2v) is 7.30. The van der Waals surface area contributed by atoms with E-state index in [1.54, 1.807) is 6.07 Å². The van der Waals surface area contributed by atoms with E-state index in [9.17, 15) is 4.79 Å². The van der Waals surface area contributed by atoms with Gasteiger partial charge in [0.1, 0.15) is 5.69 Å². The number of aromatic nitrogens is 2. The van der Waals surface area contributed by atoms with Gasteiger partial charge in [-0.2, -0.15) is 0 Å². The Labute approximate surface area is 143 Å². The van der Waals surface area contributed by atoms with Gasteiger partial charge in [-0.25, -0.2) is 9.97 Å². The molecule has 0 aliphatic heterocycles. The molecule has 0 aliphatic carbocycles. The summed E-state index contributed by atoms with van der Waals surface area (Å²) in [7, 11) is 0. The van der Waals surface area contributed by atoms with Crippen LogP contribution in [-0.2, 0) is 5.41 Å². The summed E-state index contributed by atoms with van der Waals surface area (Å²) < 4.78 is 0. The fraction of sp³-hybridized carbons (Fsp3) is 0.421. The van der Waals surface area contributed by atoms with Gasteiger partial charge in [-0.15, -0.1) is 0 Å². The zero-order chi connectivity index (χ0) is 17.9. The summed E-state index contributed by atoms with van der Waals surface area (Å²) in [6.45, 7) is 12.3. The van der Waals surface area contributed by atoms with E-state index in [4.69, 9.17) is 0 Å². The number of hydrogen-bond acceptors (Lipinski definition) is 4. The first-order chi connectivity index (χ1) is 11.1. The zero-order valence-corrected chi connectivity index (χ0v) is 15.3. The number of carbonyl (C=O) groups excluding carboxylic acids is 1. The summed E-state index contributed by atoms with van der Waals surface area (Å²) >= 11 is 0. The van der Waals surface area contributed by atoms with Gasteiger partial charge in [-0.05, 0) is 49.9 Å². The van der Waals surface area contributed by atoms with Crippen LogP contribution in [0.4, 0.5) is 11.6 Å². The van der Waals surface area contributed by atoms with Gasteiger partial charge in [0.25, 0.3) is 5.91 Å². The smallest absolute Gasteiger partial charge is 0.274 e. The van der Waals surface area contributed by atoms with Crippen LogP contribution in [0.15, 0.2) is 30.3 Å². The Morgan fingerprint density at radius 3 is 2.25 bits per heavy atom. The quantitative estimate of drug-likeness (QED) is 0.885. The minimum atomic E-state index is -0.240. The van der Waals surface area contributed by atoms with Crippen LogP contribution in [0.25, 0.3) is 0 Å². The number of hydrogen-bond donors (Lipinski definition) is 2. The maximum absolute atomic E-state index is 12.5. The first-order valence-electron chi connectivity index (χ1n) is 8.19. The van der Waals surface area contributed by atoms with E-state index in [1.807, 2.05) is 45.0 Å². The number of nitrogens with zero attached hydrogens (tertiary/aromatic N) is 2. The molecule has 0 fully saturated rings. The lowest BCUT2D eigenvalue weighted by molar-refractivity contribution is 0.102. The van der Waals surface area contributed by atoms with Crippen molar-refractivity contribution in [2.24, 2.45) is 0 Å². The van der Waals surface area contributed by atoms with Crippen molar-refractivity contribution in [3.63, 3.8) is 0 Å². The van der Waals surface area contributed by atoms with Crippen molar-refractivity contribution >= 4 is 17.5 Å². The first kappa shape index (κ1) is 17.9. The molecule has 2 rings (SSSR count).